The molecule has 4 heteroatoms. The van der Waals surface area contributed by atoms with Crippen LogP contribution in [0.15, 0.2) is 18.7 Å². The molecule has 1 aromatic heterocycles. The normalized spacial score (nSPS) is 31.2. The van der Waals surface area contributed by atoms with Crippen molar-refractivity contribution in [2.24, 2.45) is 0 Å². The quantitative estimate of drug-likeness (QED) is 0.602. The zero-order chi connectivity index (χ0) is 8.67. The number of hydrogen-bond donors (Lipinski definition) is 0. The fraction of sp³-hybridized carbons (Fsp3) is 0.556. The van der Waals surface area contributed by atoms with Gasteiger partial charge in [0.05, 0.1) is 24.1 Å². The summed E-state index contributed by atoms with van der Waals surface area (Å²) in [6.45, 7) is 4.74. The summed E-state index contributed by atoms with van der Waals surface area (Å²) in [6.07, 6.45) is 5.39. The molecule has 4 rings (SSSR count). The zero-order valence-corrected chi connectivity index (χ0v) is 7.43. The van der Waals surface area contributed by atoms with Crippen LogP contribution in [0.2, 0.25) is 0 Å². The zero-order valence-electron chi connectivity index (χ0n) is 7.43. The minimum absolute atomic E-state index is 0.708. The van der Waals surface area contributed by atoms with Gasteiger partial charge in [0.1, 0.15) is 6.33 Å². The molecule has 0 aliphatic carbocycles. The Morgan fingerprint density at radius 3 is 2.54 bits per heavy atom. The van der Waals surface area contributed by atoms with E-state index in [0.717, 1.165) is 6.54 Å². The van der Waals surface area contributed by atoms with E-state index in [9.17, 15) is 0 Å². The van der Waals surface area contributed by atoms with Gasteiger partial charge in [-0.15, -0.1) is 0 Å². The Morgan fingerprint density at radius 2 is 1.92 bits per heavy atom. The number of fused-ring (bicyclic) bond motifs is 2. The lowest BCUT2D eigenvalue weighted by Gasteiger charge is -2.52. The second kappa shape index (κ2) is 2.67. The molecule has 4 nitrogen and oxygen atoms in total. The number of piperazine rings is 2. The second-order valence-electron chi connectivity index (χ2n) is 3.70. The first-order chi connectivity index (χ1) is 6.43. The minimum atomic E-state index is 0.708. The van der Waals surface area contributed by atoms with Crippen molar-refractivity contribution in [3.05, 3.63) is 18.7 Å². The Balaban J connectivity index is 1.85. The summed E-state index contributed by atoms with van der Waals surface area (Å²) >= 11 is 0. The lowest BCUT2D eigenvalue weighted by atomic mass is 10.0. The van der Waals surface area contributed by atoms with Crippen LogP contribution < -0.4 is 4.90 Å². The van der Waals surface area contributed by atoms with E-state index in [4.69, 9.17) is 0 Å². The molecule has 0 saturated carbocycles. The Bertz CT molecular complexity index is 291. The Labute approximate surface area is 77.2 Å². The SMILES string of the molecule is c1ncc(N2CCN3CC2C3)cn1. The summed E-state index contributed by atoms with van der Waals surface area (Å²) in [4.78, 5) is 13.0. The van der Waals surface area contributed by atoms with Crippen LogP contribution in [0, 0.1) is 0 Å². The molecule has 68 valence electrons. The van der Waals surface area contributed by atoms with Crippen LogP contribution in [0.4, 0.5) is 5.69 Å². The molecule has 3 saturated heterocycles. The van der Waals surface area contributed by atoms with E-state index in [1.165, 1.54) is 25.3 Å². The van der Waals surface area contributed by atoms with Crippen LogP contribution in [-0.2, 0) is 0 Å². The van der Waals surface area contributed by atoms with E-state index < -0.39 is 0 Å². The van der Waals surface area contributed by atoms with Crippen molar-refractivity contribution in [1.82, 2.24) is 14.9 Å². The van der Waals surface area contributed by atoms with Crippen LogP contribution >= 0.6 is 0 Å². The van der Waals surface area contributed by atoms with Crippen molar-refractivity contribution in [1.29, 1.82) is 0 Å². The summed E-state index contributed by atoms with van der Waals surface area (Å²) in [6, 6.07) is 0.708. The van der Waals surface area contributed by atoms with Gasteiger partial charge in [0.15, 0.2) is 0 Å². The van der Waals surface area contributed by atoms with Crippen molar-refractivity contribution < 1.29 is 0 Å². The number of anilines is 1. The first-order valence-electron chi connectivity index (χ1n) is 4.67. The molecule has 2 bridgehead atoms. The smallest absolute Gasteiger partial charge is 0.115 e. The third-order valence-electron chi connectivity index (χ3n) is 2.91. The summed E-state index contributed by atoms with van der Waals surface area (Å²) in [7, 11) is 0. The van der Waals surface area contributed by atoms with Crippen molar-refractivity contribution in [3.8, 4) is 0 Å². The van der Waals surface area contributed by atoms with Gasteiger partial charge in [0.2, 0.25) is 0 Å². The van der Waals surface area contributed by atoms with Crippen LogP contribution in [0.5, 0.6) is 0 Å². The van der Waals surface area contributed by atoms with E-state index in [1.54, 1.807) is 6.33 Å². The molecular formula is C9H12N4. The third-order valence-corrected chi connectivity index (χ3v) is 2.91. The number of aromatic nitrogens is 2. The molecule has 1 aromatic rings. The molecule has 0 N–H and O–H groups in total. The van der Waals surface area contributed by atoms with Crippen molar-refractivity contribution in [2.75, 3.05) is 31.1 Å². The Kier molecular flexibility index (Phi) is 1.49. The first kappa shape index (κ1) is 7.26. The topological polar surface area (TPSA) is 32.3 Å². The number of nitrogens with zero attached hydrogens (tertiary/aromatic N) is 4. The van der Waals surface area contributed by atoms with Gasteiger partial charge in [-0.25, -0.2) is 9.97 Å². The fourth-order valence-corrected chi connectivity index (χ4v) is 2.13. The van der Waals surface area contributed by atoms with E-state index in [2.05, 4.69) is 19.8 Å². The van der Waals surface area contributed by atoms with Crippen LogP contribution in [0.3, 0.4) is 0 Å². The second-order valence-corrected chi connectivity index (χ2v) is 3.70. The predicted molar refractivity (Wildman–Crippen MR) is 49.6 cm³/mol. The van der Waals surface area contributed by atoms with Gasteiger partial charge >= 0.3 is 0 Å². The summed E-state index contributed by atoms with van der Waals surface area (Å²) < 4.78 is 0. The summed E-state index contributed by atoms with van der Waals surface area (Å²) in [5.41, 5.74) is 1.17. The van der Waals surface area contributed by atoms with Crippen LogP contribution in [0.1, 0.15) is 0 Å². The van der Waals surface area contributed by atoms with Gasteiger partial charge in [-0.05, 0) is 0 Å². The number of hydrogen-bond acceptors (Lipinski definition) is 4. The van der Waals surface area contributed by atoms with E-state index >= 15 is 0 Å². The predicted octanol–water partition coefficient (Wildman–Crippen LogP) is -0.0192. The lowest BCUT2D eigenvalue weighted by Crippen LogP contribution is -2.66. The largest absolute Gasteiger partial charge is 0.362 e. The first-order valence-corrected chi connectivity index (χ1v) is 4.67. The van der Waals surface area contributed by atoms with Gasteiger partial charge in [-0.3, -0.25) is 4.90 Å². The average Bonchev–Trinajstić information content (AvgIpc) is 2.18. The molecule has 3 aliphatic heterocycles. The highest BCUT2D eigenvalue weighted by Gasteiger charge is 2.36. The molecule has 0 amide bonds. The monoisotopic (exact) mass is 176 g/mol. The third kappa shape index (κ3) is 1.09. The maximum absolute atomic E-state index is 4.05. The highest BCUT2D eigenvalue weighted by atomic mass is 15.4. The van der Waals surface area contributed by atoms with Crippen molar-refractivity contribution in [3.63, 3.8) is 0 Å². The highest BCUT2D eigenvalue weighted by molar-refractivity contribution is 5.45. The van der Waals surface area contributed by atoms with Gasteiger partial charge in [-0.2, -0.15) is 0 Å². The molecule has 0 spiro atoms. The Hall–Kier alpha value is -1.16. The molecule has 13 heavy (non-hydrogen) atoms. The van der Waals surface area contributed by atoms with Crippen molar-refractivity contribution >= 4 is 5.69 Å². The van der Waals surface area contributed by atoms with Gasteiger partial charge in [0.25, 0.3) is 0 Å². The standard InChI is InChI=1S/C9H12N4/c1-2-13(9-5-12(1)6-9)8-3-10-7-11-4-8/h3-4,7,9H,1-2,5-6H2. The summed E-state index contributed by atoms with van der Waals surface area (Å²) in [5, 5.41) is 0. The molecular weight excluding hydrogens is 164 g/mol. The lowest BCUT2D eigenvalue weighted by molar-refractivity contribution is 0.110. The molecule has 0 radical (unpaired) electrons. The van der Waals surface area contributed by atoms with Gasteiger partial charge in [0, 0.05) is 26.2 Å². The van der Waals surface area contributed by atoms with Gasteiger partial charge in [-0.1, -0.05) is 0 Å². The molecule has 3 fully saturated rings. The maximum Gasteiger partial charge on any atom is 0.115 e. The highest BCUT2D eigenvalue weighted by Crippen LogP contribution is 2.25. The van der Waals surface area contributed by atoms with Crippen LogP contribution in [0.25, 0.3) is 0 Å². The fourth-order valence-electron chi connectivity index (χ4n) is 2.13. The molecule has 0 aromatic carbocycles. The Morgan fingerprint density at radius 1 is 1.15 bits per heavy atom. The van der Waals surface area contributed by atoms with E-state index in [0.29, 0.717) is 6.04 Å². The maximum atomic E-state index is 4.05. The van der Waals surface area contributed by atoms with Crippen LogP contribution in [-0.4, -0.2) is 47.1 Å². The van der Waals surface area contributed by atoms with Crippen molar-refractivity contribution in [2.45, 2.75) is 6.04 Å². The van der Waals surface area contributed by atoms with E-state index in [1.807, 2.05) is 12.4 Å². The molecule has 4 heterocycles. The van der Waals surface area contributed by atoms with Gasteiger partial charge < -0.3 is 4.90 Å². The number of rotatable bonds is 1. The average molecular weight is 176 g/mol. The molecule has 3 aliphatic rings. The molecule has 0 atom stereocenters. The van der Waals surface area contributed by atoms with E-state index in [-0.39, 0.29) is 0 Å². The minimum Gasteiger partial charge on any atom is -0.362 e. The summed E-state index contributed by atoms with van der Waals surface area (Å²) in [5.74, 6) is 0. The molecule has 0 unspecified atom stereocenters.